The van der Waals surface area contributed by atoms with Gasteiger partial charge in [0, 0.05) is 18.3 Å². The highest BCUT2D eigenvalue weighted by Gasteiger charge is 2.14. The van der Waals surface area contributed by atoms with Gasteiger partial charge in [0.25, 0.3) is 0 Å². The van der Waals surface area contributed by atoms with Crippen LogP contribution in [0.2, 0.25) is 0 Å². The molecule has 0 saturated carbocycles. The molecule has 0 bridgehead atoms. The minimum Gasteiger partial charge on any atom is -0.389 e. The lowest BCUT2D eigenvalue weighted by atomic mass is 10.1. The third-order valence-corrected chi connectivity index (χ3v) is 3.13. The zero-order valence-corrected chi connectivity index (χ0v) is 8.21. The maximum absolute atomic E-state index is 5.74. The van der Waals surface area contributed by atoms with Crippen LogP contribution >= 0.6 is 11.3 Å². The first kappa shape index (κ1) is 8.44. The minimum atomic E-state index is 0.325. The lowest BCUT2D eigenvalue weighted by molar-refractivity contribution is 0.889. The topological polar surface area (TPSA) is 51.3 Å². The number of nitrogen functional groups attached to an aromatic ring is 1. The van der Waals surface area contributed by atoms with Crippen LogP contribution in [0.25, 0.3) is 0 Å². The Morgan fingerprint density at radius 1 is 1.62 bits per heavy atom. The summed E-state index contributed by atoms with van der Waals surface area (Å²) in [6.07, 6.45) is 6.78. The zero-order valence-electron chi connectivity index (χ0n) is 7.40. The van der Waals surface area contributed by atoms with Crippen LogP contribution in [0.5, 0.6) is 0 Å². The Morgan fingerprint density at radius 3 is 3.00 bits per heavy atom. The van der Waals surface area contributed by atoms with Gasteiger partial charge in [0.05, 0.1) is 5.69 Å². The summed E-state index contributed by atoms with van der Waals surface area (Å²) in [5.41, 5.74) is 6.67. The van der Waals surface area contributed by atoms with Crippen LogP contribution < -0.4 is 5.73 Å². The summed E-state index contributed by atoms with van der Waals surface area (Å²) in [6, 6.07) is 0. The number of aromatic nitrogens is 1. The van der Waals surface area contributed by atoms with Gasteiger partial charge in [0.2, 0.25) is 0 Å². The monoisotopic (exact) mass is 193 g/mol. The molecule has 0 saturated heterocycles. The predicted octanol–water partition coefficient (Wildman–Crippen LogP) is 2.11. The first-order valence-electron chi connectivity index (χ1n) is 4.18. The smallest absolute Gasteiger partial charge is 0.109 e. The van der Waals surface area contributed by atoms with Crippen molar-refractivity contribution in [3.63, 3.8) is 0 Å². The van der Waals surface area contributed by atoms with E-state index in [4.69, 9.17) is 5.73 Å². The second-order valence-electron chi connectivity index (χ2n) is 3.03. The van der Waals surface area contributed by atoms with E-state index in [0.717, 1.165) is 22.1 Å². The van der Waals surface area contributed by atoms with E-state index in [2.05, 4.69) is 16.1 Å². The van der Waals surface area contributed by atoms with Crippen molar-refractivity contribution in [3.8, 4) is 0 Å². The summed E-state index contributed by atoms with van der Waals surface area (Å²) < 4.78 is 0. The molecular formula is C9H11N3S. The number of rotatable bonds is 1. The molecule has 2 N–H and O–H groups in total. The fourth-order valence-electron chi connectivity index (χ4n) is 1.24. The first-order valence-corrected chi connectivity index (χ1v) is 5.00. The van der Waals surface area contributed by atoms with Crippen LogP contribution in [-0.4, -0.2) is 11.2 Å². The summed E-state index contributed by atoms with van der Waals surface area (Å²) >= 11 is 1.56. The lowest BCUT2D eigenvalue weighted by Crippen LogP contribution is -2.00. The molecule has 1 atom stereocenters. The molecule has 1 aromatic heterocycles. The number of thiazole rings is 1. The molecule has 0 amide bonds. The fraction of sp³-hybridized carbons (Fsp3) is 0.333. The molecule has 0 radical (unpaired) electrons. The van der Waals surface area contributed by atoms with Crippen LogP contribution in [-0.2, 0) is 0 Å². The summed E-state index contributed by atoms with van der Waals surface area (Å²) in [7, 11) is 0. The van der Waals surface area contributed by atoms with Gasteiger partial charge in [0.15, 0.2) is 0 Å². The van der Waals surface area contributed by atoms with Crippen molar-refractivity contribution in [1.29, 1.82) is 0 Å². The van der Waals surface area contributed by atoms with Crippen LogP contribution in [0.15, 0.2) is 17.3 Å². The molecular weight excluding hydrogens is 182 g/mol. The van der Waals surface area contributed by atoms with E-state index < -0.39 is 0 Å². The second kappa shape index (κ2) is 3.30. The zero-order chi connectivity index (χ0) is 9.26. The van der Waals surface area contributed by atoms with Gasteiger partial charge in [-0.1, -0.05) is 6.08 Å². The molecule has 2 rings (SSSR count). The molecule has 13 heavy (non-hydrogen) atoms. The lowest BCUT2D eigenvalue weighted by Gasteiger charge is -2.07. The summed E-state index contributed by atoms with van der Waals surface area (Å²) in [5, 5.41) is 1.89. The molecule has 4 heteroatoms. The van der Waals surface area contributed by atoms with Crippen LogP contribution in [0.1, 0.15) is 23.0 Å². The summed E-state index contributed by atoms with van der Waals surface area (Å²) in [6.45, 7) is 1.94. The Kier molecular flexibility index (Phi) is 2.14. The molecule has 1 aromatic rings. The molecule has 1 aliphatic rings. The molecule has 0 spiro atoms. The highest BCUT2D eigenvalue weighted by molar-refractivity contribution is 7.15. The molecule has 0 fully saturated rings. The number of anilines is 1. The fourth-order valence-corrected chi connectivity index (χ4v) is 2.15. The van der Waals surface area contributed by atoms with Crippen molar-refractivity contribution in [2.45, 2.75) is 19.3 Å². The number of aliphatic imine (C=N–C) groups is 1. The van der Waals surface area contributed by atoms with Gasteiger partial charge in [0.1, 0.15) is 10.0 Å². The Morgan fingerprint density at radius 2 is 2.46 bits per heavy atom. The third-order valence-electron chi connectivity index (χ3n) is 2.01. The van der Waals surface area contributed by atoms with Gasteiger partial charge < -0.3 is 5.73 Å². The molecule has 2 heterocycles. The highest BCUT2D eigenvalue weighted by Crippen LogP contribution is 2.29. The van der Waals surface area contributed by atoms with Gasteiger partial charge >= 0.3 is 0 Å². The number of allylic oxidation sites excluding steroid dienone is 1. The quantitative estimate of drug-likeness (QED) is 0.742. The molecule has 68 valence electrons. The number of nitrogens with two attached hydrogens (primary N) is 1. The highest BCUT2D eigenvalue weighted by atomic mass is 32.1. The predicted molar refractivity (Wildman–Crippen MR) is 56.3 cm³/mol. The van der Waals surface area contributed by atoms with Crippen LogP contribution in [0, 0.1) is 6.92 Å². The molecule has 0 aliphatic carbocycles. The Hall–Kier alpha value is -1.16. The number of nitrogens with zero attached hydrogens (tertiary/aromatic N) is 2. The Balaban J connectivity index is 2.25. The van der Waals surface area contributed by atoms with Crippen LogP contribution in [0.4, 0.5) is 5.00 Å². The summed E-state index contributed by atoms with van der Waals surface area (Å²) in [4.78, 5) is 8.50. The average Bonchev–Trinajstić information content (AvgIpc) is 2.49. The van der Waals surface area contributed by atoms with E-state index in [0.29, 0.717) is 5.92 Å². The summed E-state index contributed by atoms with van der Waals surface area (Å²) in [5.74, 6) is 0.325. The molecule has 1 aliphatic heterocycles. The van der Waals surface area contributed by atoms with E-state index >= 15 is 0 Å². The SMILES string of the molecule is Cc1nc(C2C=NC=CC2)sc1N. The van der Waals surface area contributed by atoms with Crippen molar-refractivity contribution in [2.75, 3.05) is 5.73 Å². The van der Waals surface area contributed by atoms with E-state index in [1.807, 2.05) is 19.3 Å². The van der Waals surface area contributed by atoms with E-state index in [9.17, 15) is 0 Å². The standard InChI is InChI=1S/C9H11N3S/c1-6-8(10)13-9(12-6)7-3-2-4-11-5-7/h2,4-5,7H,3,10H2,1H3. The molecule has 3 nitrogen and oxygen atoms in total. The number of hydrogen-bond donors (Lipinski definition) is 1. The van der Waals surface area contributed by atoms with Gasteiger partial charge in [-0.2, -0.15) is 0 Å². The molecule has 0 aromatic carbocycles. The largest absolute Gasteiger partial charge is 0.389 e. The van der Waals surface area contributed by atoms with Crippen molar-refractivity contribution in [2.24, 2.45) is 4.99 Å². The van der Waals surface area contributed by atoms with E-state index in [1.54, 1.807) is 11.3 Å². The van der Waals surface area contributed by atoms with Gasteiger partial charge in [-0.15, -0.1) is 11.3 Å². The Bertz CT molecular complexity index is 345. The van der Waals surface area contributed by atoms with Gasteiger partial charge in [-0.3, -0.25) is 4.99 Å². The minimum absolute atomic E-state index is 0.325. The van der Waals surface area contributed by atoms with Gasteiger partial charge in [-0.05, 0) is 13.3 Å². The van der Waals surface area contributed by atoms with Crippen molar-refractivity contribution < 1.29 is 0 Å². The van der Waals surface area contributed by atoms with Crippen LogP contribution in [0.3, 0.4) is 0 Å². The van der Waals surface area contributed by atoms with Crippen molar-refractivity contribution in [3.05, 3.63) is 23.0 Å². The maximum atomic E-state index is 5.74. The first-order chi connectivity index (χ1) is 6.27. The second-order valence-corrected chi connectivity index (χ2v) is 4.09. The van der Waals surface area contributed by atoms with Crippen molar-refractivity contribution in [1.82, 2.24) is 4.98 Å². The third kappa shape index (κ3) is 1.62. The maximum Gasteiger partial charge on any atom is 0.109 e. The number of aryl methyl sites for hydroxylation is 1. The van der Waals surface area contributed by atoms with E-state index in [-0.39, 0.29) is 0 Å². The normalized spacial score (nSPS) is 20.8. The molecule has 1 unspecified atom stereocenters. The average molecular weight is 193 g/mol. The van der Waals surface area contributed by atoms with Gasteiger partial charge in [-0.25, -0.2) is 4.98 Å². The number of hydrogen-bond acceptors (Lipinski definition) is 4. The van der Waals surface area contributed by atoms with Crippen molar-refractivity contribution >= 4 is 22.6 Å². The Labute approximate surface area is 81.0 Å². The van der Waals surface area contributed by atoms with E-state index in [1.165, 1.54) is 0 Å².